The highest BCUT2D eigenvalue weighted by atomic mass is 35.5. The number of carbonyl (C=O) groups is 1. The number of rotatable bonds is 3. The van der Waals surface area contributed by atoms with E-state index in [9.17, 15) is 4.79 Å². The Morgan fingerprint density at radius 1 is 1.45 bits per heavy atom. The van der Waals surface area contributed by atoms with E-state index in [0.717, 1.165) is 0 Å². The summed E-state index contributed by atoms with van der Waals surface area (Å²) in [7, 11) is 0. The molecule has 0 aliphatic heterocycles. The van der Waals surface area contributed by atoms with Crippen LogP contribution in [-0.2, 0) is 9.53 Å². The maximum atomic E-state index is 10.7. The molecule has 0 unspecified atom stereocenters. The van der Waals surface area contributed by atoms with Crippen LogP contribution in [0, 0.1) is 5.92 Å². The molecular formula is C7H16ClNO2. The van der Waals surface area contributed by atoms with Crippen molar-refractivity contribution >= 4 is 18.4 Å². The Kier molecular flexibility index (Phi) is 7.79. The van der Waals surface area contributed by atoms with Crippen LogP contribution in [0.25, 0.3) is 0 Å². The monoisotopic (exact) mass is 181 g/mol. The summed E-state index contributed by atoms with van der Waals surface area (Å²) < 4.78 is 4.80. The van der Waals surface area contributed by atoms with Crippen LogP contribution >= 0.6 is 12.4 Å². The van der Waals surface area contributed by atoms with Crippen molar-refractivity contribution in [3.8, 4) is 0 Å². The van der Waals surface area contributed by atoms with Gasteiger partial charge in [-0.15, -0.1) is 12.4 Å². The summed E-state index contributed by atoms with van der Waals surface area (Å²) in [5.74, 6) is 0.0522. The first-order chi connectivity index (χ1) is 4.54. The van der Waals surface area contributed by atoms with Gasteiger partial charge in [-0.1, -0.05) is 13.8 Å². The van der Waals surface area contributed by atoms with Crippen LogP contribution in [0.15, 0.2) is 0 Å². The molecule has 3 nitrogen and oxygen atoms in total. The van der Waals surface area contributed by atoms with Crippen molar-refractivity contribution < 1.29 is 9.53 Å². The van der Waals surface area contributed by atoms with Crippen molar-refractivity contribution in [2.24, 2.45) is 11.7 Å². The number of ether oxygens (including phenoxy) is 1. The first-order valence-corrected chi connectivity index (χ1v) is 3.46. The van der Waals surface area contributed by atoms with E-state index >= 15 is 0 Å². The number of nitrogens with two attached hydrogens (primary N) is 1. The average molecular weight is 182 g/mol. The van der Waals surface area contributed by atoms with Gasteiger partial charge >= 0.3 is 5.97 Å². The van der Waals surface area contributed by atoms with Crippen LogP contribution in [0.1, 0.15) is 20.8 Å². The summed E-state index contributed by atoms with van der Waals surface area (Å²) in [6.45, 7) is 6.03. The van der Waals surface area contributed by atoms with Gasteiger partial charge < -0.3 is 10.5 Å². The van der Waals surface area contributed by atoms with Gasteiger partial charge in [0.05, 0.1) is 6.61 Å². The van der Waals surface area contributed by atoms with Gasteiger partial charge in [-0.25, -0.2) is 0 Å². The third-order valence-corrected chi connectivity index (χ3v) is 0.931. The molecule has 0 bridgehead atoms. The van der Waals surface area contributed by atoms with Crippen LogP contribution in [0.2, 0.25) is 0 Å². The molecule has 4 heteroatoms. The first-order valence-electron chi connectivity index (χ1n) is 3.46. The van der Waals surface area contributed by atoms with Gasteiger partial charge in [0.15, 0.2) is 0 Å². The fourth-order valence-electron chi connectivity index (χ4n) is 0.380. The zero-order valence-electron chi connectivity index (χ0n) is 7.16. The number of hydrogen-bond acceptors (Lipinski definition) is 3. The molecule has 0 amide bonds. The van der Waals surface area contributed by atoms with Crippen molar-refractivity contribution in [1.82, 2.24) is 0 Å². The van der Waals surface area contributed by atoms with Crippen molar-refractivity contribution in [3.05, 3.63) is 0 Å². The third kappa shape index (κ3) is 7.62. The lowest BCUT2D eigenvalue weighted by molar-refractivity contribution is -0.145. The molecular weight excluding hydrogens is 166 g/mol. The first kappa shape index (κ1) is 13.3. The second-order valence-corrected chi connectivity index (χ2v) is 2.81. The molecule has 0 spiro atoms. The van der Waals surface area contributed by atoms with Gasteiger partial charge in [0.25, 0.3) is 0 Å². The summed E-state index contributed by atoms with van der Waals surface area (Å²) in [6, 6.07) is -0.501. The van der Waals surface area contributed by atoms with E-state index < -0.39 is 6.04 Å². The van der Waals surface area contributed by atoms with E-state index in [4.69, 9.17) is 10.5 Å². The molecule has 0 heterocycles. The van der Waals surface area contributed by atoms with Crippen molar-refractivity contribution in [3.63, 3.8) is 0 Å². The molecule has 0 aliphatic rings. The second-order valence-electron chi connectivity index (χ2n) is 2.81. The summed E-state index contributed by atoms with van der Waals surface area (Å²) >= 11 is 0. The third-order valence-electron chi connectivity index (χ3n) is 0.931. The van der Waals surface area contributed by atoms with E-state index in [1.54, 1.807) is 6.92 Å². The second kappa shape index (κ2) is 6.43. The maximum Gasteiger partial charge on any atom is 0.322 e. The fourth-order valence-corrected chi connectivity index (χ4v) is 0.380. The average Bonchev–Trinajstić information content (AvgIpc) is 1.82. The summed E-state index contributed by atoms with van der Waals surface area (Å²) in [6.07, 6.45) is 0. The van der Waals surface area contributed by atoms with Crippen LogP contribution in [0.5, 0.6) is 0 Å². The highest BCUT2D eigenvalue weighted by molar-refractivity contribution is 5.85. The Labute approximate surface area is 73.7 Å². The van der Waals surface area contributed by atoms with E-state index in [2.05, 4.69) is 0 Å². The molecule has 0 aromatic rings. The van der Waals surface area contributed by atoms with E-state index in [1.807, 2.05) is 13.8 Å². The highest BCUT2D eigenvalue weighted by Crippen LogP contribution is 1.93. The number of hydrogen-bond donors (Lipinski definition) is 1. The predicted molar refractivity (Wildman–Crippen MR) is 46.7 cm³/mol. The Morgan fingerprint density at radius 3 is 2.18 bits per heavy atom. The number of carbonyl (C=O) groups excluding carboxylic acids is 1. The van der Waals surface area contributed by atoms with Gasteiger partial charge in [0.1, 0.15) is 6.04 Å². The Morgan fingerprint density at radius 2 is 1.91 bits per heavy atom. The number of esters is 1. The molecule has 0 rings (SSSR count). The quantitative estimate of drug-likeness (QED) is 0.660. The summed E-state index contributed by atoms with van der Waals surface area (Å²) in [5.41, 5.74) is 5.25. The van der Waals surface area contributed by atoms with Gasteiger partial charge in [0.2, 0.25) is 0 Å². The normalized spacial score (nSPS) is 12.1. The van der Waals surface area contributed by atoms with Crippen LogP contribution in [-0.4, -0.2) is 18.6 Å². The zero-order valence-corrected chi connectivity index (χ0v) is 7.98. The lowest BCUT2D eigenvalue weighted by Crippen LogP contribution is -2.29. The molecule has 0 radical (unpaired) electrons. The summed E-state index contributed by atoms with van der Waals surface area (Å²) in [5, 5.41) is 0. The zero-order chi connectivity index (χ0) is 8.15. The molecule has 11 heavy (non-hydrogen) atoms. The minimum absolute atomic E-state index is 0. The Hall–Kier alpha value is -0.280. The van der Waals surface area contributed by atoms with E-state index in [0.29, 0.717) is 12.5 Å². The standard InChI is InChI=1S/C7H15NO2.ClH/c1-5(2)4-10-7(9)6(3)8;/h5-6H,4,8H2,1-3H3;1H/t6-;/m1./s1. The Balaban J connectivity index is 0. The largest absolute Gasteiger partial charge is 0.464 e. The van der Waals surface area contributed by atoms with Crippen LogP contribution in [0.4, 0.5) is 0 Å². The molecule has 0 aliphatic carbocycles. The lowest BCUT2D eigenvalue weighted by Gasteiger charge is -2.08. The minimum Gasteiger partial charge on any atom is -0.464 e. The van der Waals surface area contributed by atoms with Gasteiger partial charge in [-0.3, -0.25) is 4.79 Å². The molecule has 68 valence electrons. The van der Waals surface area contributed by atoms with Gasteiger partial charge in [0, 0.05) is 0 Å². The van der Waals surface area contributed by atoms with Crippen molar-refractivity contribution in [2.75, 3.05) is 6.61 Å². The molecule has 0 aromatic carbocycles. The smallest absolute Gasteiger partial charge is 0.322 e. The highest BCUT2D eigenvalue weighted by Gasteiger charge is 2.08. The SMILES string of the molecule is CC(C)COC(=O)[C@@H](C)N.Cl. The van der Waals surface area contributed by atoms with Gasteiger partial charge in [-0.2, -0.15) is 0 Å². The molecule has 0 aromatic heterocycles. The fraction of sp³-hybridized carbons (Fsp3) is 0.857. The Bertz CT molecular complexity index is 115. The molecule has 0 saturated carbocycles. The summed E-state index contributed by atoms with van der Waals surface area (Å²) in [4.78, 5) is 10.7. The molecule has 0 saturated heterocycles. The minimum atomic E-state index is -0.501. The van der Waals surface area contributed by atoms with Gasteiger partial charge in [-0.05, 0) is 12.8 Å². The molecule has 0 fully saturated rings. The van der Waals surface area contributed by atoms with Crippen LogP contribution < -0.4 is 5.73 Å². The van der Waals surface area contributed by atoms with Crippen molar-refractivity contribution in [1.29, 1.82) is 0 Å². The predicted octanol–water partition coefficient (Wildman–Crippen LogP) is 0.955. The van der Waals surface area contributed by atoms with Crippen molar-refractivity contribution in [2.45, 2.75) is 26.8 Å². The molecule has 1 atom stereocenters. The van der Waals surface area contributed by atoms with Crippen LogP contribution in [0.3, 0.4) is 0 Å². The van der Waals surface area contributed by atoms with E-state index in [-0.39, 0.29) is 18.4 Å². The van der Waals surface area contributed by atoms with E-state index in [1.165, 1.54) is 0 Å². The molecule has 2 N–H and O–H groups in total. The number of halogens is 1. The topological polar surface area (TPSA) is 52.3 Å². The lowest BCUT2D eigenvalue weighted by atomic mass is 10.2. The maximum absolute atomic E-state index is 10.7.